The minimum absolute atomic E-state index is 0.0590. The van der Waals surface area contributed by atoms with Crippen molar-refractivity contribution in [2.75, 3.05) is 19.8 Å². The van der Waals surface area contributed by atoms with E-state index in [4.69, 9.17) is 18.9 Å². The first-order chi connectivity index (χ1) is 11.3. The van der Waals surface area contributed by atoms with Crippen LogP contribution < -0.4 is 9.47 Å². The molecule has 0 saturated carbocycles. The topological polar surface area (TPSA) is 36.9 Å². The Morgan fingerprint density at radius 2 is 2.17 bits per heavy atom. The third-order valence-electron chi connectivity index (χ3n) is 4.75. The van der Waals surface area contributed by atoms with Gasteiger partial charge >= 0.3 is 0 Å². The summed E-state index contributed by atoms with van der Waals surface area (Å²) in [5.41, 5.74) is 2.47. The summed E-state index contributed by atoms with van der Waals surface area (Å²) >= 11 is 0. The summed E-state index contributed by atoms with van der Waals surface area (Å²) < 4.78 is 23.4. The van der Waals surface area contributed by atoms with E-state index in [0.717, 1.165) is 37.4 Å². The molecular formula is C19H24O4. The molecule has 124 valence electrons. The molecule has 0 amide bonds. The van der Waals surface area contributed by atoms with Gasteiger partial charge in [-0.1, -0.05) is 18.2 Å². The lowest BCUT2D eigenvalue weighted by Crippen LogP contribution is -2.24. The van der Waals surface area contributed by atoms with Crippen LogP contribution in [-0.4, -0.2) is 32.2 Å². The zero-order chi connectivity index (χ0) is 15.6. The molecule has 0 aromatic heterocycles. The molecule has 1 unspecified atom stereocenters. The normalized spacial score (nSPS) is 28.3. The van der Waals surface area contributed by atoms with Gasteiger partial charge in [0.2, 0.25) is 0 Å². The van der Waals surface area contributed by atoms with E-state index in [9.17, 15) is 0 Å². The van der Waals surface area contributed by atoms with Crippen molar-refractivity contribution in [2.24, 2.45) is 0 Å². The maximum Gasteiger partial charge on any atom is 0.165 e. The molecule has 4 heteroatoms. The van der Waals surface area contributed by atoms with Gasteiger partial charge in [-0.25, -0.2) is 0 Å². The van der Waals surface area contributed by atoms with Crippen LogP contribution in [0.1, 0.15) is 42.7 Å². The van der Waals surface area contributed by atoms with E-state index in [1.807, 2.05) is 0 Å². The second-order valence-corrected chi connectivity index (χ2v) is 6.54. The maximum atomic E-state index is 6.11. The van der Waals surface area contributed by atoms with E-state index in [2.05, 4.69) is 31.2 Å². The molecule has 4 nitrogen and oxygen atoms in total. The largest absolute Gasteiger partial charge is 0.487 e. The first-order valence-electron chi connectivity index (χ1n) is 8.65. The predicted molar refractivity (Wildman–Crippen MR) is 87.1 cm³/mol. The van der Waals surface area contributed by atoms with Gasteiger partial charge < -0.3 is 18.9 Å². The van der Waals surface area contributed by atoms with Crippen molar-refractivity contribution < 1.29 is 18.9 Å². The van der Waals surface area contributed by atoms with Gasteiger partial charge in [0.05, 0.1) is 6.61 Å². The van der Waals surface area contributed by atoms with E-state index >= 15 is 0 Å². The Hall–Kier alpha value is -1.52. The van der Waals surface area contributed by atoms with Crippen molar-refractivity contribution in [1.82, 2.24) is 0 Å². The van der Waals surface area contributed by atoms with Crippen molar-refractivity contribution in [1.29, 1.82) is 0 Å². The molecule has 0 radical (unpaired) electrons. The molecule has 2 heterocycles. The number of hydrogen-bond acceptors (Lipinski definition) is 4. The number of hydrogen-bond donors (Lipinski definition) is 0. The predicted octanol–water partition coefficient (Wildman–Crippen LogP) is 3.72. The lowest BCUT2D eigenvalue weighted by molar-refractivity contribution is -0.165. The fourth-order valence-electron chi connectivity index (χ4n) is 3.63. The molecule has 3 aliphatic rings. The molecule has 1 aromatic carbocycles. The first kappa shape index (κ1) is 15.0. The average molecular weight is 316 g/mol. The molecule has 0 N–H and O–H groups in total. The molecule has 2 aliphatic heterocycles. The Morgan fingerprint density at radius 3 is 3.04 bits per heavy atom. The molecule has 1 aliphatic carbocycles. The van der Waals surface area contributed by atoms with Crippen LogP contribution >= 0.6 is 0 Å². The monoisotopic (exact) mass is 316 g/mol. The van der Waals surface area contributed by atoms with E-state index in [1.165, 1.54) is 17.5 Å². The quantitative estimate of drug-likeness (QED) is 0.613. The fourth-order valence-corrected chi connectivity index (χ4v) is 3.63. The number of ether oxygens (including phenoxy) is 4. The van der Waals surface area contributed by atoms with Crippen LogP contribution in [0.3, 0.4) is 0 Å². The summed E-state index contributed by atoms with van der Waals surface area (Å²) in [7, 11) is 0. The average Bonchev–Trinajstić information content (AvgIpc) is 3.14. The van der Waals surface area contributed by atoms with Crippen molar-refractivity contribution in [3.63, 3.8) is 0 Å². The number of aryl methyl sites for hydroxylation is 1. The Bertz CT molecular complexity index is 589. The van der Waals surface area contributed by atoms with Gasteiger partial charge in [-0.3, -0.25) is 0 Å². The molecule has 0 bridgehead atoms. The van der Waals surface area contributed by atoms with Crippen molar-refractivity contribution in [3.05, 3.63) is 35.4 Å². The van der Waals surface area contributed by atoms with Gasteiger partial charge in [-0.15, -0.1) is 0 Å². The van der Waals surface area contributed by atoms with Gasteiger partial charge in [0.1, 0.15) is 12.7 Å². The highest BCUT2D eigenvalue weighted by molar-refractivity contribution is 5.55. The maximum absolute atomic E-state index is 6.11. The van der Waals surface area contributed by atoms with Crippen LogP contribution in [0.4, 0.5) is 0 Å². The summed E-state index contributed by atoms with van der Waals surface area (Å²) in [4.78, 5) is 0. The van der Waals surface area contributed by atoms with E-state index in [0.29, 0.717) is 19.1 Å². The SMILES string of the molecule is Cc1cc(OCCOC2CCCCO2)c2c(c1)[C@H]1C=CC[C@H]1O2. The van der Waals surface area contributed by atoms with Crippen molar-refractivity contribution >= 4 is 0 Å². The highest BCUT2D eigenvalue weighted by atomic mass is 16.7. The second kappa shape index (κ2) is 6.54. The van der Waals surface area contributed by atoms with Gasteiger partial charge in [-0.05, 0) is 37.8 Å². The van der Waals surface area contributed by atoms with Gasteiger partial charge in [0, 0.05) is 24.5 Å². The molecule has 1 saturated heterocycles. The number of rotatable bonds is 5. The minimum Gasteiger partial charge on any atom is -0.487 e. The Labute approximate surface area is 137 Å². The van der Waals surface area contributed by atoms with Crippen molar-refractivity contribution in [3.8, 4) is 11.5 Å². The fraction of sp³-hybridized carbons (Fsp3) is 0.579. The highest BCUT2D eigenvalue weighted by Crippen LogP contribution is 2.48. The minimum atomic E-state index is -0.0590. The molecule has 1 fully saturated rings. The third-order valence-corrected chi connectivity index (χ3v) is 4.75. The van der Waals surface area contributed by atoms with Gasteiger partial charge in [0.15, 0.2) is 17.8 Å². The Kier molecular flexibility index (Phi) is 4.27. The summed E-state index contributed by atoms with van der Waals surface area (Å²) in [6.45, 7) is 3.97. The second-order valence-electron chi connectivity index (χ2n) is 6.54. The molecule has 3 atom stereocenters. The molecule has 4 rings (SSSR count). The third kappa shape index (κ3) is 3.10. The summed E-state index contributed by atoms with van der Waals surface area (Å²) in [6, 6.07) is 4.27. The van der Waals surface area contributed by atoms with E-state index in [-0.39, 0.29) is 12.4 Å². The first-order valence-corrected chi connectivity index (χ1v) is 8.65. The number of benzene rings is 1. The standard InChI is InChI=1S/C19H24O4/c1-13-11-15-14-5-4-6-16(14)23-19(15)17(12-13)20-9-10-22-18-7-2-3-8-21-18/h4-5,11-12,14,16,18H,2-3,6-10H2,1H3/t14-,16-,18?/m1/s1. The summed E-state index contributed by atoms with van der Waals surface area (Å²) in [6.07, 6.45) is 8.94. The van der Waals surface area contributed by atoms with Gasteiger partial charge in [0.25, 0.3) is 0 Å². The molecule has 0 spiro atoms. The molecule has 23 heavy (non-hydrogen) atoms. The Balaban J connectivity index is 1.37. The molecule has 1 aromatic rings. The van der Waals surface area contributed by atoms with Gasteiger partial charge in [-0.2, -0.15) is 0 Å². The smallest absolute Gasteiger partial charge is 0.165 e. The van der Waals surface area contributed by atoms with Crippen LogP contribution in [0.25, 0.3) is 0 Å². The van der Waals surface area contributed by atoms with Crippen LogP contribution in [0.5, 0.6) is 11.5 Å². The number of fused-ring (bicyclic) bond motifs is 3. The zero-order valence-electron chi connectivity index (χ0n) is 13.6. The lowest BCUT2D eigenvalue weighted by atomic mass is 9.97. The van der Waals surface area contributed by atoms with Crippen LogP contribution in [0, 0.1) is 6.92 Å². The van der Waals surface area contributed by atoms with E-state index in [1.54, 1.807) is 0 Å². The summed E-state index contributed by atoms with van der Waals surface area (Å²) in [5, 5.41) is 0. The molecular weight excluding hydrogens is 292 g/mol. The van der Waals surface area contributed by atoms with Crippen molar-refractivity contribution in [2.45, 2.75) is 50.9 Å². The summed E-state index contributed by atoms with van der Waals surface area (Å²) in [5.74, 6) is 2.15. The zero-order valence-corrected chi connectivity index (χ0v) is 13.6. The van der Waals surface area contributed by atoms with Crippen LogP contribution in [-0.2, 0) is 9.47 Å². The van der Waals surface area contributed by atoms with Crippen LogP contribution in [0.15, 0.2) is 24.3 Å². The Morgan fingerprint density at radius 1 is 1.22 bits per heavy atom. The highest BCUT2D eigenvalue weighted by Gasteiger charge is 2.37. The lowest BCUT2D eigenvalue weighted by Gasteiger charge is -2.22. The van der Waals surface area contributed by atoms with Crippen LogP contribution in [0.2, 0.25) is 0 Å². The van der Waals surface area contributed by atoms with E-state index < -0.39 is 0 Å².